The van der Waals surface area contributed by atoms with Gasteiger partial charge in [0.05, 0.1) is 0 Å². The van der Waals surface area contributed by atoms with E-state index in [0.29, 0.717) is 6.04 Å². The Labute approximate surface area is 133 Å². The van der Waals surface area contributed by atoms with Crippen LogP contribution in [-0.4, -0.2) is 17.5 Å². The molecule has 3 atom stereocenters. The van der Waals surface area contributed by atoms with Crippen molar-refractivity contribution in [2.45, 2.75) is 25.4 Å². The zero-order chi connectivity index (χ0) is 14.8. The second kappa shape index (κ2) is 6.10. The number of nitrogens with zero attached hydrogens (tertiary/aromatic N) is 1. The van der Waals surface area contributed by atoms with Gasteiger partial charge in [-0.25, -0.2) is 0 Å². The van der Waals surface area contributed by atoms with Gasteiger partial charge in [0.25, 0.3) is 0 Å². The van der Waals surface area contributed by atoms with Gasteiger partial charge in [-0.2, -0.15) is 0 Å². The molecule has 1 nitrogen and oxygen atoms in total. The molecule has 1 aliphatic carbocycles. The summed E-state index contributed by atoms with van der Waals surface area (Å²) in [7, 11) is 0. The zero-order valence-electron chi connectivity index (χ0n) is 12.9. The van der Waals surface area contributed by atoms with E-state index in [9.17, 15) is 0 Å². The topological polar surface area (TPSA) is 3.24 Å². The number of hydrogen-bond donors (Lipinski definition) is 0. The molecule has 5 rings (SSSR count). The number of benzene rings is 2. The SMILES string of the molecule is C1=CC2C(Cc3ccccc3)CC1CN2Cc1ccccc1. The maximum atomic E-state index is 2.68. The van der Waals surface area contributed by atoms with Gasteiger partial charge in [0.15, 0.2) is 0 Å². The summed E-state index contributed by atoms with van der Waals surface area (Å²) in [5.74, 6) is 1.50. The van der Waals surface area contributed by atoms with Crippen LogP contribution >= 0.6 is 0 Å². The summed E-state index contributed by atoms with van der Waals surface area (Å²) in [4.78, 5) is 2.68. The minimum atomic E-state index is 0.602. The molecule has 112 valence electrons. The first-order chi connectivity index (χ1) is 10.9. The van der Waals surface area contributed by atoms with Gasteiger partial charge >= 0.3 is 0 Å². The van der Waals surface area contributed by atoms with E-state index in [1.54, 1.807) is 0 Å². The van der Waals surface area contributed by atoms with Gasteiger partial charge in [-0.15, -0.1) is 0 Å². The molecule has 0 aromatic heterocycles. The Balaban J connectivity index is 1.50. The molecule has 0 amide bonds. The molecule has 1 heteroatoms. The van der Waals surface area contributed by atoms with E-state index in [4.69, 9.17) is 0 Å². The first kappa shape index (κ1) is 13.8. The third-order valence-corrected chi connectivity index (χ3v) is 5.13. The number of piperidine rings is 1. The van der Waals surface area contributed by atoms with Crippen molar-refractivity contribution in [1.82, 2.24) is 4.90 Å². The highest BCUT2D eigenvalue weighted by molar-refractivity contribution is 5.21. The minimum absolute atomic E-state index is 0.602. The quantitative estimate of drug-likeness (QED) is 0.758. The molecular weight excluding hydrogens is 266 g/mol. The first-order valence-corrected chi connectivity index (χ1v) is 8.39. The van der Waals surface area contributed by atoms with Crippen molar-refractivity contribution in [3.05, 3.63) is 83.9 Å². The van der Waals surface area contributed by atoms with E-state index in [1.165, 1.54) is 30.5 Å². The van der Waals surface area contributed by atoms with Gasteiger partial charge < -0.3 is 0 Å². The van der Waals surface area contributed by atoms with Crippen molar-refractivity contribution >= 4 is 0 Å². The third kappa shape index (κ3) is 2.86. The summed E-state index contributed by atoms with van der Waals surface area (Å²) in [6.45, 7) is 2.30. The standard InChI is InChI=1S/C21H23N/c1-3-7-17(8-4-1)13-20-14-19-11-12-21(20)22(16-19)15-18-9-5-2-6-10-18/h1-12,19-21H,13-16H2. The van der Waals surface area contributed by atoms with Crippen LogP contribution in [0.4, 0.5) is 0 Å². The summed E-state index contributed by atoms with van der Waals surface area (Å²) in [5.41, 5.74) is 2.91. The van der Waals surface area contributed by atoms with Crippen LogP contribution in [0.15, 0.2) is 72.8 Å². The molecule has 0 spiro atoms. The van der Waals surface area contributed by atoms with Gasteiger partial charge in [0.1, 0.15) is 0 Å². The Kier molecular flexibility index (Phi) is 3.82. The summed E-state index contributed by atoms with van der Waals surface area (Å²) in [6, 6.07) is 22.5. The van der Waals surface area contributed by atoms with Crippen molar-refractivity contribution in [3.8, 4) is 0 Å². The second-order valence-electron chi connectivity index (χ2n) is 6.74. The lowest BCUT2D eigenvalue weighted by atomic mass is 9.75. The lowest BCUT2D eigenvalue weighted by Crippen LogP contribution is -2.50. The van der Waals surface area contributed by atoms with Crippen molar-refractivity contribution in [3.63, 3.8) is 0 Å². The molecule has 2 aromatic carbocycles. The average molecular weight is 289 g/mol. The van der Waals surface area contributed by atoms with Crippen LogP contribution in [0.5, 0.6) is 0 Å². The summed E-state index contributed by atoms with van der Waals surface area (Å²) in [5, 5.41) is 0. The van der Waals surface area contributed by atoms with Crippen LogP contribution in [0, 0.1) is 11.8 Å². The Hall–Kier alpha value is -1.86. The molecule has 0 N–H and O–H groups in total. The minimum Gasteiger partial charge on any atom is -0.292 e. The molecule has 2 heterocycles. The van der Waals surface area contributed by atoms with Crippen molar-refractivity contribution in [2.24, 2.45) is 11.8 Å². The summed E-state index contributed by atoms with van der Waals surface area (Å²) in [6.07, 6.45) is 7.47. The van der Waals surface area contributed by atoms with E-state index in [-0.39, 0.29) is 0 Å². The molecule has 0 radical (unpaired) electrons. The first-order valence-electron chi connectivity index (χ1n) is 8.39. The second-order valence-corrected chi connectivity index (χ2v) is 6.74. The number of rotatable bonds is 4. The van der Waals surface area contributed by atoms with Crippen molar-refractivity contribution < 1.29 is 0 Å². The lowest BCUT2D eigenvalue weighted by molar-refractivity contribution is 0.0766. The van der Waals surface area contributed by atoms with Crippen molar-refractivity contribution in [1.29, 1.82) is 0 Å². The fourth-order valence-corrected chi connectivity index (χ4v) is 4.12. The smallest absolute Gasteiger partial charge is 0.0313 e. The predicted molar refractivity (Wildman–Crippen MR) is 91.5 cm³/mol. The van der Waals surface area contributed by atoms with Crippen molar-refractivity contribution in [2.75, 3.05) is 6.54 Å². The number of fused-ring (bicyclic) bond motifs is 2. The molecule has 3 aliphatic rings. The highest BCUT2D eigenvalue weighted by Crippen LogP contribution is 2.37. The predicted octanol–water partition coefficient (Wildman–Crippen LogP) is 4.31. The highest BCUT2D eigenvalue weighted by Gasteiger charge is 2.37. The van der Waals surface area contributed by atoms with Gasteiger partial charge in [0, 0.05) is 19.1 Å². The van der Waals surface area contributed by atoms with E-state index in [1.807, 2.05) is 0 Å². The summed E-state index contributed by atoms with van der Waals surface area (Å²) < 4.78 is 0. The molecule has 2 aliphatic heterocycles. The molecule has 22 heavy (non-hydrogen) atoms. The van der Waals surface area contributed by atoms with Crippen LogP contribution in [0.2, 0.25) is 0 Å². The van der Waals surface area contributed by atoms with Gasteiger partial charge in [-0.1, -0.05) is 72.8 Å². The fourth-order valence-electron chi connectivity index (χ4n) is 4.12. The molecule has 2 bridgehead atoms. The molecule has 3 unspecified atom stereocenters. The molecule has 1 fully saturated rings. The summed E-state index contributed by atoms with van der Waals surface area (Å²) >= 11 is 0. The average Bonchev–Trinajstić information content (AvgIpc) is 2.57. The van der Waals surface area contributed by atoms with E-state index in [0.717, 1.165) is 18.4 Å². The Morgan fingerprint density at radius 1 is 0.818 bits per heavy atom. The highest BCUT2D eigenvalue weighted by atomic mass is 15.2. The zero-order valence-corrected chi connectivity index (χ0v) is 12.9. The largest absolute Gasteiger partial charge is 0.292 e. The van der Waals surface area contributed by atoms with E-state index >= 15 is 0 Å². The van der Waals surface area contributed by atoms with Gasteiger partial charge in [-0.3, -0.25) is 4.90 Å². The molecular formula is C21H23N. The lowest BCUT2D eigenvalue weighted by Gasteiger charge is -2.46. The van der Waals surface area contributed by atoms with Gasteiger partial charge in [0.2, 0.25) is 0 Å². The Morgan fingerprint density at radius 3 is 2.18 bits per heavy atom. The van der Waals surface area contributed by atoms with E-state index < -0.39 is 0 Å². The Morgan fingerprint density at radius 2 is 1.50 bits per heavy atom. The molecule has 1 saturated heterocycles. The maximum Gasteiger partial charge on any atom is 0.0313 e. The van der Waals surface area contributed by atoms with Crippen LogP contribution in [0.1, 0.15) is 17.5 Å². The van der Waals surface area contributed by atoms with Crippen LogP contribution in [-0.2, 0) is 13.0 Å². The van der Waals surface area contributed by atoms with Crippen LogP contribution in [0.3, 0.4) is 0 Å². The fraction of sp³-hybridized carbons (Fsp3) is 0.333. The van der Waals surface area contributed by atoms with Crippen LogP contribution < -0.4 is 0 Å². The normalized spacial score (nSPS) is 27.2. The Bertz CT molecular complexity index is 580. The number of hydrogen-bond acceptors (Lipinski definition) is 1. The monoisotopic (exact) mass is 289 g/mol. The van der Waals surface area contributed by atoms with Crippen LogP contribution in [0.25, 0.3) is 0 Å². The maximum absolute atomic E-state index is 2.68. The van der Waals surface area contributed by atoms with E-state index in [2.05, 4.69) is 77.7 Å². The molecule has 0 saturated carbocycles. The third-order valence-electron chi connectivity index (χ3n) is 5.13. The molecule has 2 aromatic rings. The van der Waals surface area contributed by atoms with Gasteiger partial charge in [-0.05, 0) is 35.8 Å².